The van der Waals surface area contributed by atoms with Crippen LogP contribution in [0.1, 0.15) is 39.4 Å². The Balaban J connectivity index is 0.000000153. The first-order chi connectivity index (χ1) is 25.2. The maximum atomic E-state index is 11.5. The van der Waals surface area contributed by atoms with Gasteiger partial charge in [0.25, 0.3) is 11.8 Å². The lowest BCUT2D eigenvalue weighted by Gasteiger charge is -2.14. The number of benzene rings is 2. The van der Waals surface area contributed by atoms with Crippen LogP contribution in [0.3, 0.4) is 0 Å². The minimum Gasteiger partial charge on any atom is -0.491 e. The average molecular weight is 786 g/mol. The van der Waals surface area contributed by atoms with Gasteiger partial charge in [0, 0.05) is 61.5 Å². The van der Waals surface area contributed by atoms with Gasteiger partial charge < -0.3 is 50.1 Å². The largest absolute Gasteiger partial charge is 0.491 e. The zero-order chi connectivity index (χ0) is 37.9. The number of carbonyl (C=O) groups excluding carboxylic acids is 2. The molecule has 2 aromatic carbocycles. The summed E-state index contributed by atoms with van der Waals surface area (Å²) in [6, 6.07) is 11.3. The average Bonchev–Trinajstić information content (AvgIpc) is 3.87. The highest BCUT2D eigenvalue weighted by Crippen LogP contribution is 2.35. The standard InChI is InChI=1S/C19H20N4O3.C12H10BrN3O2.C7H11NO/c1-22-7-6-19(25,12-22)5-4-13-2-3-16-14(10-13)18-21-15(17(20)24)11-23(18)8-9-26-16;13-7-1-2-10-8(5-7)12-15-9(11(14)17)6-16(12)3-4-18-10;1-3-7(9)4-5-8(2)6-7/h2-3,10-11,25H,6-9,12H2,1H3,(H2,20,24);1-2,5-6H,3-4H2,(H2,14,17);1,9H,4-6H2,2H3. The smallest absolute Gasteiger partial charge is 0.268 e. The fraction of sp³-hybridized carbons (Fsp3) is 0.368. The third-order valence-corrected chi connectivity index (χ3v) is 9.72. The Morgan fingerprint density at radius 2 is 1.32 bits per heavy atom. The third kappa shape index (κ3) is 8.73. The fourth-order valence-electron chi connectivity index (χ4n) is 6.43. The van der Waals surface area contributed by atoms with Gasteiger partial charge in [-0.1, -0.05) is 33.7 Å². The molecule has 2 fully saturated rings. The van der Waals surface area contributed by atoms with Gasteiger partial charge in [-0.05, 0) is 50.5 Å². The first kappa shape index (κ1) is 37.6. The van der Waals surface area contributed by atoms with E-state index in [2.05, 4.69) is 48.6 Å². The Morgan fingerprint density at radius 3 is 1.79 bits per heavy atom. The van der Waals surface area contributed by atoms with E-state index in [1.807, 2.05) is 64.5 Å². The fourth-order valence-corrected chi connectivity index (χ4v) is 6.79. The molecule has 15 heteroatoms. The van der Waals surface area contributed by atoms with E-state index < -0.39 is 23.0 Å². The quantitative estimate of drug-likeness (QED) is 0.219. The van der Waals surface area contributed by atoms with E-state index in [-0.39, 0.29) is 11.4 Å². The lowest BCUT2D eigenvalue weighted by atomic mass is 10.0. The highest BCUT2D eigenvalue weighted by molar-refractivity contribution is 9.10. The summed E-state index contributed by atoms with van der Waals surface area (Å²) in [5.41, 5.74) is 11.7. The molecule has 0 bridgehead atoms. The van der Waals surface area contributed by atoms with Gasteiger partial charge in [-0.3, -0.25) is 9.59 Å². The summed E-state index contributed by atoms with van der Waals surface area (Å²) in [6.07, 6.45) is 9.76. The number of likely N-dealkylation sites (N-methyl/N-ethyl adjacent to an activating group) is 2. The van der Waals surface area contributed by atoms with Gasteiger partial charge in [-0.2, -0.15) is 0 Å². The van der Waals surface area contributed by atoms with Crippen LogP contribution in [0.4, 0.5) is 0 Å². The van der Waals surface area contributed by atoms with Crippen molar-refractivity contribution >= 4 is 27.7 Å². The Labute approximate surface area is 315 Å². The van der Waals surface area contributed by atoms with E-state index in [1.54, 1.807) is 12.4 Å². The molecule has 6 heterocycles. The molecule has 2 saturated heterocycles. The molecule has 2 amide bonds. The minimum atomic E-state index is -0.977. The van der Waals surface area contributed by atoms with Crippen molar-refractivity contribution in [1.29, 1.82) is 0 Å². The molecule has 53 heavy (non-hydrogen) atoms. The van der Waals surface area contributed by atoms with E-state index >= 15 is 0 Å². The zero-order valence-electron chi connectivity index (χ0n) is 29.5. The Morgan fingerprint density at radius 1 is 0.811 bits per heavy atom. The van der Waals surface area contributed by atoms with Crippen molar-refractivity contribution in [2.75, 3.05) is 53.5 Å². The number of aromatic nitrogens is 4. The molecule has 0 spiro atoms. The van der Waals surface area contributed by atoms with Gasteiger partial charge in [0.15, 0.2) is 0 Å². The lowest BCUT2D eigenvalue weighted by molar-refractivity contribution is 0.0987. The number of nitrogens with zero attached hydrogens (tertiary/aromatic N) is 6. The molecule has 2 aromatic heterocycles. The van der Waals surface area contributed by atoms with Gasteiger partial charge >= 0.3 is 0 Å². The van der Waals surface area contributed by atoms with Crippen LogP contribution in [0.2, 0.25) is 0 Å². The molecule has 0 radical (unpaired) electrons. The van der Waals surface area contributed by atoms with Crippen LogP contribution in [0.25, 0.3) is 22.8 Å². The molecule has 4 aliphatic rings. The molecule has 2 atom stereocenters. The molecule has 6 N–H and O–H groups in total. The number of nitrogens with two attached hydrogens (primary N) is 2. The van der Waals surface area contributed by atoms with Gasteiger partial charge in [-0.15, -0.1) is 6.42 Å². The number of carbonyl (C=O) groups is 2. The van der Waals surface area contributed by atoms with Crippen molar-refractivity contribution in [2.24, 2.45) is 11.5 Å². The number of amides is 2. The summed E-state index contributed by atoms with van der Waals surface area (Å²) in [5, 5.41) is 19.9. The topological polar surface area (TPSA) is 187 Å². The zero-order valence-corrected chi connectivity index (χ0v) is 31.1. The van der Waals surface area contributed by atoms with Crippen LogP contribution in [-0.4, -0.2) is 116 Å². The normalized spacial score (nSPS) is 21.4. The van der Waals surface area contributed by atoms with Crippen LogP contribution >= 0.6 is 15.9 Å². The maximum absolute atomic E-state index is 11.5. The molecule has 276 valence electrons. The number of fused-ring (bicyclic) bond motifs is 6. The molecular formula is C38H41BrN8O6. The molecule has 14 nitrogen and oxygen atoms in total. The van der Waals surface area contributed by atoms with Crippen molar-refractivity contribution in [1.82, 2.24) is 28.9 Å². The summed E-state index contributed by atoms with van der Waals surface area (Å²) in [4.78, 5) is 35.4. The number of primary amides is 2. The lowest BCUT2D eigenvalue weighted by Crippen LogP contribution is -2.29. The van der Waals surface area contributed by atoms with Gasteiger partial charge in [0.05, 0.1) is 24.2 Å². The predicted octanol–water partition coefficient (Wildman–Crippen LogP) is 1.95. The number of β-amino-alcohol motifs (C(OH)–C–C–N with tert-alkyl or cyclic N) is 2. The first-order valence-corrected chi connectivity index (χ1v) is 17.8. The molecule has 8 rings (SSSR count). The number of hydrogen-bond acceptors (Lipinski definition) is 10. The molecule has 4 aliphatic heterocycles. The van der Waals surface area contributed by atoms with Crippen molar-refractivity contribution < 1.29 is 29.3 Å². The molecular weight excluding hydrogens is 744 g/mol. The highest BCUT2D eigenvalue weighted by atomic mass is 79.9. The van der Waals surface area contributed by atoms with Crippen LogP contribution in [0.5, 0.6) is 11.5 Å². The number of terminal acetylenes is 1. The second kappa shape index (κ2) is 15.4. The Kier molecular flexibility index (Phi) is 11.0. The van der Waals surface area contributed by atoms with Crippen LogP contribution in [-0.2, 0) is 13.1 Å². The van der Waals surface area contributed by atoms with Gasteiger partial charge in [-0.25, -0.2) is 9.97 Å². The number of imidazole rings is 2. The summed E-state index contributed by atoms with van der Waals surface area (Å²) in [5.74, 6) is 10.2. The van der Waals surface area contributed by atoms with Crippen LogP contribution in [0.15, 0.2) is 53.3 Å². The molecule has 0 aliphatic carbocycles. The number of likely N-dealkylation sites (tertiary alicyclic amines) is 2. The van der Waals surface area contributed by atoms with Crippen LogP contribution < -0.4 is 20.9 Å². The van der Waals surface area contributed by atoms with E-state index in [1.165, 1.54) is 0 Å². The number of halogens is 1. The van der Waals surface area contributed by atoms with Crippen molar-refractivity contribution in [3.8, 4) is 58.5 Å². The Bertz CT molecular complexity index is 2150. The summed E-state index contributed by atoms with van der Waals surface area (Å²) in [7, 11) is 3.92. The number of rotatable bonds is 2. The van der Waals surface area contributed by atoms with E-state index in [0.29, 0.717) is 69.6 Å². The molecule has 2 unspecified atom stereocenters. The maximum Gasteiger partial charge on any atom is 0.268 e. The van der Waals surface area contributed by atoms with Crippen molar-refractivity contribution in [3.05, 3.63) is 70.2 Å². The second-order valence-electron chi connectivity index (χ2n) is 13.5. The second-order valence-corrected chi connectivity index (χ2v) is 14.4. The minimum absolute atomic E-state index is 0.229. The Hall–Kier alpha value is -5.16. The van der Waals surface area contributed by atoms with Gasteiger partial charge in [0.1, 0.15) is 59.0 Å². The highest BCUT2D eigenvalue weighted by Gasteiger charge is 2.33. The SMILES string of the molecule is C#CC1(O)CCN(C)C1.CN1CCC(O)(C#Cc2ccc3c(c2)-c2nc(C(N)=O)cn2CCO3)C1.NC(=O)c1cn2c(n1)-c1cc(Br)ccc1OCC2. The molecule has 4 aromatic rings. The summed E-state index contributed by atoms with van der Waals surface area (Å²) in [6.45, 7) is 5.13. The van der Waals surface area contributed by atoms with Gasteiger partial charge in [0.2, 0.25) is 0 Å². The number of hydrogen-bond donors (Lipinski definition) is 4. The predicted molar refractivity (Wildman–Crippen MR) is 201 cm³/mol. The molecule has 0 saturated carbocycles. The number of aliphatic hydroxyl groups is 2. The van der Waals surface area contributed by atoms with Crippen LogP contribution in [0, 0.1) is 24.2 Å². The monoisotopic (exact) mass is 784 g/mol. The van der Waals surface area contributed by atoms with E-state index in [0.717, 1.165) is 40.0 Å². The summed E-state index contributed by atoms with van der Waals surface area (Å²) >= 11 is 3.42. The number of ether oxygens (including phenoxy) is 2. The van der Waals surface area contributed by atoms with Crippen molar-refractivity contribution in [3.63, 3.8) is 0 Å². The van der Waals surface area contributed by atoms with E-state index in [4.69, 9.17) is 27.4 Å². The first-order valence-electron chi connectivity index (χ1n) is 17.0. The van der Waals surface area contributed by atoms with E-state index in [9.17, 15) is 19.8 Å². The summed E-state index contributed by atoms with van der Waals surface area (Å²) < 4.78 is 16.1. The third-order valence-electron chi connectivity index (χ3n) is 9.23. The van der Waals surface area contributed by atoms with Crippen molar-refractivity contribution in [2.45, 2.75) is 37.1 Å².